The first-order valence-electron chi connectivity index (χ1n) is 9.41. The van der Waals surface area contributed by atoms with Gasteiger partial charge in [0.25, 0.3) is 5.56 Å². The number of hydrogen-bond acceptors (Lipinski definition) is 6. The number of nitrogens with zero attached hydrogens (tertiary/aromatic N) is 5. The van der Waals surface area contributed by atoms with Crippen LogP contribution in [0.4, 0.5) is 0 Å². The number of pyridine rings is 1. The molecule has 7 nitrogen and oxygen atoms in total. The Hall–Kier alpha value is -3.49. The van der Waals surface area contributed by atoms with E-state index in [1.54, 1.807) is 18.5 Å². The Labute approximate surface area is 186 Å². The van der Waals surface area contributed by atoms with Crippen LogP contribution in [0.1, 0.15) is 5.82 Å². The molecule has 0 bridgehead atoms. The highest BCUT2D eigenvalue weighted by atomic mass is 35.5. The lowest BCUT2D eigenvalue weighted by Crippen LogP contribution is -2.11. The largest absolute Gasteiger partial charge is 0.309 e. The number of aromatic amines is 1. The van der Waals surface area contributed by atoms with Crippen LogP contribution in [0.5, 0.6) is 0 Å². The number of fused-ring (bicyclic) bond motifs is 1. The molecule has 3 heterocycles. The van der Waals surface area contributed by atoms with Gasteiger partial charge in [-0.3, -0.25) is 14.3 Å². The summed E-state index contributed by atoms with van der Waals surface area (Å²) in [4.78, 5) is 23.9. The van der Waals surface area contributed by atoms with E-state index >= 15 is 0 Å². The van der Waals surface area contributed by atoms with Gasteiger partial charge in [-0.2, -0.15) is 0 Å². The molecule has 0 unspecified atom stereocenters. The summed E-state index contributed by atoms with van der Waals surface area (Å²) in [5, 5.41) is 10.6. The van der Waals surface area contributed by atoms with Crippen molar-refractivity contribution >= 4 is 34.3 Å². The molecule has 31 heavy (non-hydrogen) atoms. The van der Waals surface area contributed by atoms with Gasteiger partial charge in [-0.15, -0.1) is 10.2 Å². The zero-order chi connectivity index (χ0) is 21.2. The highest BCUT2D eigenvalue weighted by Gasteiger charge is 2.17. The number of thioether (sulfide) groups is 1. The van der Waals surface area contributed by atoms with Gasteiger partial charge >= 0.3 is 0 Å². The maximum Gasteiger partial charge on any atom is 0.258 e. The van der Waals surface area contributed by atoms with Crippen LogP contribution < -0.4 is 5.56 Å². The molecule has 0 radical (unpaired) electrons. The maximum atomic E-state index is 12.4. The van der Waals surface area contributed by atoms with Gasteiger partial charge < -0.3 is 4.98 Å². The molecule has 0 amide bonds. The molecule has 0 aliphatic rings. The van der Waals surface area contributed by atoms with E-state index in [0.29, 0.717) is 38.5 Å². The molecule has 5 aromatic rings. The van der Waals surface area contributed by atoms with E-state index < -0.39 is 0 Å². The van der Waals surface area contributed by atoms with Crippen LogP contribution in [0, 0.1) is 0 Å². The summed E-state index contributed by atoms with van der Waals surface area (Å²) in [6.07, 6.45) is 3.42. The molecule has 5 rings (SSSR count). The molecule has 152 valence electrons. The van der Waals surface area contributed by atoms with E-state index in [-0.39, 0.29) is 5.56 Å². The van der Waals surface area contributed by atoms with Crippen molar-refractivity contribution in [3.8, 4) is 17.1 Å². The van der Waals surface area contributed by atoms with Crippen molar-refractivity contribution in [3.63, 3.8) is 0 Å². The fraction of sp³-hybridized carbons (Fsp3) is 0.0455. The first kappa shape index (κ1) is 19.5. The molecule has 2 aromatic carbocycles. The molecule has 0 spiro atoms. The van der Waals surface area contributed by atoms with Crippen LogP contribution in [-0.4, -0.2) is 29.7 Å². The molecule has 3 aromatic heterocycles. The molecule has 1 N–H and O–H groups in total. The Morgan fingerprint density at radius 3 is 2.68 bits per heavy atom. The van der Waals surface area contributed by atoms with E-state index in [0.717, 1.165) is 11.3 Å². The van der Waals surface area contributed by atoms with Gasteiger partial charge in [0.15, 0.2) is 11.0 Å². The summed E-state index contributed by atoms with van der Waals surface area (Å²) >= 11 is 7.67. The SMILES string of the molecule is O=c1[nH]c(CSc2nnc(-c3ccncc3)n2-c2cccc(Cl)c2)nc2ccccc12. The predicted molar refractivity (Wildman–Crippen MR) is 122 cm³/mol. The first-order valence-corrected chi connectivity index (χ1v) is 10.8. The Kier molecular flexibility index (Phi) is 5.23. The molecule has 0 saturated carbocycles. The van der Waals surface area contributed by atoms with Gasteiger partial charge in [0.1, 0.15) is 5.82 Å². The summed E-state index contributed by atoms with van der Waals surface area (Å²) in [5.74, 6) is 1.67. The van der Waals surface area contributed by atoms with Gasteiger partial charge in [0.2, 0.25) is 0 Å². The van der Waals surface area contributed by atoms with Gasteiger partial charge in [0, 0.05) is 23.0 Å². The number of aromatic nitrogens is 6. The minimum absolute atomic E-state index is 0.157. The Bertz CT molecular complexity index is 1430. The van der Waals surface area contributed by atoms with Crippen molar-refractivity contribution in [3.05, 3.63) is 94.3 Å². The molecular formula is C22H15ClN6OS. The van der Waals surface area contributed by atoms with Crippen molar-refractivity contribution in [2.45, 2.75) is 10.9 Å². The van der Waals surface area contributed by atoms with Crippen molar-refractivity contribution in [1.29, 1.82) is 0 Å². The number of rotatable bonds is 5. The van der Waals surface area contributed by atoms with Gasteiger partial charge in [-0.05, 0) is 42.5 Å². The summed E-state index contributed by atoms with van der Waals surface area (Å²) < 4.78 is 1.94. The molecule has 0 saturated heterocycles. The van der Waals surface area contributed by atoms with Crippen LogP contribution in [0.2, 0.25) is 5.02 Å². The lowest BCUT2D eigenvalue weighted by Gasteiger charge is -2.10. The maximum absolute atomic E-state index is 12.4. The molecule has 0 fully saturated rings. The quantitative estimate of drug-likeness (QED) is 0.399. The first-order chi connectivity index (χ1) is 15.2. The third kappa shape index (κ3) is 3.95. The lowest BCUT2D eigenvalue weighted by atomic mass is 10.2. The van der Waals surface area contributed by atoms with Crippen molar-refractivity contribution in [2.75, 3.05) is 0 Å². The fourth-order valence-electron chi connectivity index (χ4n) is 3.24. The fourth-order valence-corrected chi connectivity index (χ4v) is 4.24. The van der Waals surface area contributed by atoms with Crippen LogP contribution in [-0.2, 0) is 5.75 Å². The van der Waals surface area contributed by atoms with E-state index in [9.17, 15) is 4.79 Å². The number of para-hydroxylation sites is 1. The van der Waals surface area contributed by atoms with E-state index in [1.807, 2.05) is 59.2 Å². The zero-order valence-corrected chi connectivity index (χ0v) is 17.6. The average Bonchev–Trinajstić information content (AvgIpc) is 3.22. The van der Waals surface area contributed by atoms with Crippen molar-refractivity contribution in [2.24, 2.45) is 0 Å². The summed E-state index contributed by atoms with van der Waals surface area (Å²) in [5.41, 5.74) is 2.23. The molecule has 0 atom stereocenters. The van der Waals surface area contributed by atoms with E-state index in [4.69, 9.17) is 11.6 Å². The summed E-state index contributed by atoms with van der Waals surface area (Å²) in [6, 6.07) is 18.5. The molecular weight excluding hydrogens is 432 g/mol. The Morgan fingerprint density at radius 2 is 1.84 bits per heavy atom. The Balaban J connectivity index is 1.54. The zero-order valence-electron chi connectivity index (χ0n) is 16.1. The second kappa shape index (κ2) is 8.33. The minimum Gasteiger partial charge on any atom is -0.309 e. The number of benzene rings is 2. The summed E-state index contributed by atoms with van der Waals surface area (Å²) in [6.45, 7) is 0. The van der Waals surface area contributed by atoms with Crippen molar-refractivity contribution in [1.82, 2.24) is 29.7 Å². The highest BCUT2D eigenvalue weighted by molar-refractivity contribution is 7.98. The standard InChI is InChI=1S/C22H15ClN6OS/c23-15-4-3-5-16(12-15)29-20(14-8-10-24-11-9-14)27-28-22(29)31-13-19-25-18-7-2-1-6-17(18)21(30)26-19/h1-12H,13H2,(H,25,26,30). The topological polar surface area (TPSA) is 89.4 Å². The second-order valence-corrected chi connectivity index (χ2v) is 8.05. The normalized spacial score (nSPS) is 11.1. The van der Waals surface area contributed by atoms with E-state index in [1.165, 1.54) is 11.8 Å². The third-order valence-corrected chi connectivity index (χ3v) is 5.81. The summed E-state index contributed by atoms with van der Waals surface area (Å²) in [7, 11) is 0. The van der Waals surface area contributed by atoms with Crippen LogP contribution in [0.3, 0.4) is 0 Å². The Morgan fingerprint density at radius 1 is 1.00 bits per heavy atom. The van der Waals surface area contributed by atoms with Gasteiger partial charge in [-0.1, -0.05) is 41.6 Å². The van der Waals surface area contributed by atoms with Crippen LogP contribution in [0.25, 0.3) is 28.0 Å². The van der Waals surface area contributed by atoms with Gasteiger partial charge in [-0.25, -0.2) is 4.98 Å². The van der Waals surface area contributed by atoms with Crippen LogP contribution in [0.15, 0.2) is 83.0 Å². The van der Waals surface area contributed by atoms with E-state index in [2.05, 4.69) is 25.1 Å². The monoisotopic (exact) mass is 446 g/mol. The molecule has 0 aliphatic heterocycles. The molecule has 0 aliphatic carbocycles. The molecule has 9 heteroatoms. The predicted octanol–water partition coefficient (Wildman–Crippen LogP) is 4.51. The number of nitrogens with one attached hydrogen (secondary N) is 1. The number of hydrogen-bond donors (Lipinski definition) is 1. The lowest BCUT2D eigenvalue weighted by molar-refractivity contribution is 0.883. The smallest absolute Gasteiger partial charge is 0.258 e. The average molecular weight is 447 g/mol. The number of halogens is 1. The van der Waals surface area contributed by atoms with Gasteiger partial charge in [0.05, 0.1) is 22.3 Å². The second-order valence-electron chi connectivity index (χ2n) is 6.68. The number of H-pyrrole nitrogens is 1. The van der Waals surface area contributed by atoms with Crippen LogP contribution >= 0.6 is 23.4 Å². The third-order valence-electron chi connectivity index (χ3n) is 4.64. The van der Waals surface area contributed by atoms with Crippen molar-refractivity contribution < 1.29 is 0 Å². The highest BCUT2D eigenvalue weighted by Crippen LogP contribution is 2.30. The minimum atomic E-state index is -0.157.